The normalized spacial score (nSPS) is 24.1. The topological polar surface area (TPSA) is 61.9 Å². The summed E-state index contributed by atoms with van der Waals surface area (Å²) in [4.78, 5) is 28.7. The van der Waals surface area contributed by atoms with Gasteiger partial charge in [0.2, 0.25) is 0 Å². The number of benzene rings is 1. The first-order valence-electron chi connectivity index (χ1n) is 9.67. The van der Waals surface area contributed by atoms with Crippen LogP contribution in [0.2, 0.25) is 0 Å². The molecule has 8 heteroatoms. The Morgan fingerprint density at radius 3 is 2.46 bits per heavy atom. The van der Waals surface area contributed by atoms with Crippen molar-refractivity contribution < 1.29 is 23.1 Å². The van der Waals surface area contributed by atoms with Crippen LogP contribution in [0.1, 0.15) is 38.7 Å². The van der Waals surface area contributed by atoms with E-state index in [4.69, 9.17) is 0 Å². The van der Waals surface area contributed by atoms with E-state index in [0.717, 1.165) is 31.5 Å². The number of hydrogen-bond acceptors (Lipinski definition) is 4. The van der Waals surface area contributed by atoms with Crippen LogP contribution < -0.4 is 10.1 Å². The van der Waals surface area contributed by atoms with Crippen LogP contribution in [0, 0.1) is 5.92 Å². The van der Waals surface area contributed by atoms with Crippen LogP contribution in [0.3, 0.4) is 0 Å². The van der Waals surface area contributed by atoms with Crippen molar-refractivity contribution in [1.82, 2.24) is 15.1 Å². The number of ether oxygens (including phenoxy) is 1. The van der Waals surface area contributed by atoms with Crippen molar-refractivity contribution in [1.29, 1.82) is 0 Å². The molecule has 0 aromatic heterocycles. The van der Waals surface area contributed by atoms with E-state index in [2.05, 4.69) is 21.9 Å². The van der Waals surface area contributed by atoms with E-state index in [1.54, 1.807) is 19.1 Å². The van der Waals surface area contributed by atoms with Gasteiger partial charge in [-0.2, -0.15) is 8.78 Å². The van der Waals surface area contributed by atoms with E-state index in [1.165, 1.54) is 17.0 Å². The monoisotopic (exact) mass is 395 g/mol. The van der Waals surface area contributed by atoms with Crippen LogP contribution >= 0.6 is 0 Å². The molecule has 0 unspecified atom stereocenters. The third-order valence-corrected chi connectivity index (χ3v) is 5.63. The Balaban J connectivity index is 1.56. The summed E-state index contributed by atoms with van der Waals surface area (Å²) in [5.41, 5.74) is -0.0773. The first-order valence-corrected chi connectivity index (χ1v) is 9.67. The first kappa shape index (κ1) is 20.5. The second-order valence-corrected chi connectivity index (χ2v) is 7.96. The van der Waals surface area contributed by atoms with E-state index < -0.39 is 12.2 Å². The Bertz CT molecular complexity index is 705. The van der Waals surface area contributed by atoms with Crippen LogP contribution in [-0.2, 0) is 11.2 Å². The van der Waals surface area contributed by atoms with Gasteiger partial charge in [0.25, 0.3) is 5.91 Å². The third-order valence-electron chi connectivity index (χ3n) is 5.63. The van der Waals surface area contributed by atoms with Crippen molar-refractivity contribution in [2.24, 2.45) is 5.92 Å². The third kappa shape index (κ3) is 4.79. The molecule has 1 aromatic rings. The number of nitrogens with one attached hydrogen (secondary N) is 1. The Labute approximate surface area is 163 Å². The summed E-state index contributed by atoms with van der Waals surface area (Å²) in [6.07, 6.45) is 3.12. The maximum Gasteiger partial charge on any atom is 0.387 e. The number of nitrogens with zero attached hydrogens (tertiary/aromatic N) is 2. The number of likely N-dealkylation sites (tertiary alicyclic amines) is 1. The lowest BCUT2D eigenvalue weighted by Gasteiger charge is -2.32. The molecule has 0 spiro atoms. The van der Waals surface area contributed by atoms with Gasteiger partial charge in [-0.05, 0) is 56.2 Å². The van der Waals surface area contributed by atoms with E-state index in [0.29, 0.717) is 25.4 Å². The molecule has 2 saturated heterocycles. The Morgan fingerprint density at radius 1 is 1.21 bits per heavy atom. The SMILES string of the molecule is CC1CCN(CN2C(=O)N[C@@](C)(CCc3ccc(OC(F)F)cc3)C2=O)CC1. The molecule has 2 heterocycles. The predicted molar refractivity (Wildman–Crippen MR) is 100 cm³/mol. The van der Waals surface area contributed by atoms with Crippen LogP contribution in [0.25, 0.3) is 0 Å². The van der Waals surface area contributed by atoms with Gasteiger partial charge in [-0.25, -0.2) is 9.69 Å². The van der Waals surface area contributed by atoms with Crippen molar-refractivity contribution in [3.8, 4) is 5.75 Å². The lowest BCUT2D eigenvalue weighted by molar-refractivity contribution is -0.132. The zero-order valence-corrected chi connectivity index (χ0v) is 16.3. The number of carbonyl (C=O) groups is 2. The molecule has 1 aromatic carbocycles. The molecule has 3 amide bonds. The maximum absolute atomic E-state index is 12.9. The van der Waals surface area contributed by atoms with Gasteiger partial charge in [-0.15, -0.1) is 0 Å². The molecule has 0 radical (unpaired) electrons. The fourth-order valence-corrected chi connectivity index (χ4v) is 3.68. The number of urea groups is 1. The zero-order valence-electron chi connectivity index (χ0n) is 16.3. The quantitative estimate of drug-likeness (QED) is 0.720. The van der Waals surface area contributed by atoms with Crippen molar-refractivity contribution in [2.45, 2.75) is 51.7 Å². The number of hydrogen-bond donors (Lipinski definition) is 1. The number of imide groups is 1. The number of rotatable bonds is 7. The minimum Gasteiger partial charge on any atom is -0.435 e. The fourth-order valence-electron chi connectivity index (χ4n) is 3.68. The van der Waals surface area contributed by atoms with Gasteiger partial charge in [-0.3, -0.25) is 9.69 Å². The molecule has 2 aliphatic heterocycles. The average molecular weight is 395 g/mol. The van der Waals surface area contributed by atoms with Gasteiger partial charge < -0.3 is 10.1 Å². The summed E-state index contributed by atoms with van der Waals surface area (Å²) in [7, 11) is 0. The van der Waals surface area contributed by atoms with Gasteiger partial charge in [0.1, 0.15) is 11.3 Å². The molecule has 28 heavy (non-hydrogen) atoms. The molecule has 2 fully saturated rings. The molecule has 154 valence electrons. The number of aryl methyl sites for hydroxylation is 1. The van der Waals surface area contributed by atoms with Gasteiger partial charge in [0.05, 0.1) is 6.67 Å². The fraction of sp³-hybridized carbons (Fsp3) is 0.600. The molecule has 6 nitrogen and oxygen atoms in total. The summed E-state index contributed by atoms with van der Waals surface area (Å²) in [5.74, 6) is 0.563. The minimum absolute atomic E-state index is 0.0947. The van der Waals surface area contributed by atoms with E-state index in [1.807, 2.05) is 0 Å². The second kappa shape index (κ2) is 8.43. The van der Waals surface area contributed by atoms with Gasteiger partial charge in [-0.1, -0.05) is 19.1 Å². The van der Waals surface area contributed by atoms with Crippen LogP contribution in [0.15, 0.2) is 24.3 Å². The summed E-state index contributed by atoms with van der Waals surface area (Å²) >= 11 is 0. The van der Waals surface area contributed by atoms with Crippen molar-refractivity contribution in [3.63, 3.8) is 0 Å². The summed E-state index contributed by atoms with van der Waals surface area (Å²) < 4.78 is 28.8. The van der Waals surface area contributed by atoms with Gasteiger partial charge in [0.15, 0.2) is 0 Å². The van der Waals surface area contributed by atoms with E-state index >= 15 is 0 Å². The standard InChI is InChI=1S/C20H27F2N3O3/c1-14-8-11-24(12-9-14)13-25-17(26)20(2,23-19(25)27)10-7-15-3-5-16(6-4-15)28-18(21)22/h3-6,14,18H,7-13H2,1-2H3,(H,23,27)/t20-/m0/s1. The molecule has 0 bridgehead atoms. The highest BCUT2D eigenvalue weighted by Gasteiger charge is 2.47. The average Bonchev–Trinajstić information content (AvgIpc) is 2.86. The smallest absolute Gasteiger partial charge is 0.387 e. The second-order valence-electron chi connectivity index (χ2n) is 7.96. The first-order chi connectivity index (χ1) is 13.3. The van der Waals surface area contributed by atoms with Crippen LogP contribution in [0.4, 0.5) is 13.6 Å². The highest BCUT2D eigenvalue weighted by Crippen LogP contribution is 2.25. The Hall–Kier alpha value is -2.22. The predicted octanol–water partition coefficient (Wildman–Crippen LogP) is 3.22. The number of carbonyl (C=O) groups excluding carboxylic acids is 2. The van der Waals surface area contributed by atoms with Crippen LogP contribution in [-0.4, -0.2) is 53.6 Å². The molecular formula is C20H27F2N3O3. The van der Waals surface area contributed by atoms with E-state index in [9.17, 15) is 18.4 Å². The van der Waals surface area contributed by atoms with Crippen molar-refractivity contribution >= 4 is 11.9 Å². The van der Waals surface area contributed by atoms with E-state index in [-0.39, 0.29) is 17.7 Å². The number of amides is 3. The van der Waals surface area contributed by atoms with Crippen molar-refractivity contribution in [2.75, 3.05) is 19.8 Å². The molecule has 2 aliphatic rings. The lowest BCUT2D eigenvalue weighted by Crippen LogP contribution is -2.47. The minimum atomic E-state index is -2.86. The summed E-state index contributed by atoms with van der Waals surface area (Å²) in [5, 5.41) is 2.82. The molecule has 1 atom stereocenters. The summed E-state index contributed by atoms with van der Waals surface area (Å²) in [6, 6.07) is 5.97. The van der Waals surface area contributed by atoms with Crippen molar-refractivity contribution in [3.05, 3.63) is 29.8 Å². The largest absolute Gasteiger partial charge is 0.435 e. The number of halogens is 2. The number of piperidine rings is 1. The Kier molecular flexibility index (Phi) is 6.17. The number of alkyl halides is 2. The molecule has 0 saturated carbocycles. The lowest BCUT2D eigenvalue weighted by atomic mass is 9.93. The molecular weight excluding hydrogens is 368 g/mol. The zero-order chi connectivity index (χ0) is 20.3. The molecule has 3 rings (SSSR count). The van der Waals surface area contributed by atoms with Crippen LogP contribution in [0.5, 0.6) is 5.75 Å². The highest BCUT2D eigenvalue weighted by atomic mass is 19.3. The highest BCUT2D eigenvalue weighted by molar-refractivity contribution is 6.06. The van der Waals surface area contributed by atoms with Gasteiger partial charge in [0, 0.05) is 13.1 Å². The molecule has 0 aliphatic carbocycles. The maximum atomic E-state index is 12.9. The Morgan fingerprint density at radius 2 is 1.86 bits per heavy atom. The van der Waals surface area contributed by atoms with Gasteiger partial charge >= 0.3 is 12.6 Å². The molecule has 1 N–H and O–H groups in total. The summed E-state index contributed by atoms with van der Waals surface area (Å²) in [6.45, 7) is 3.20.